The van der Waals surface area contributed by atoms with Crippen molar-refractivity contribution in [1.29, 1.82) is 0 Å². The van der Waals surface area contributed by atoms with E-state index in [0.29, 0.717) is 5.41 Å². The van der Waals surface area contributed by atoms with Crippen molar-refractivity contribution in [2.75, 3.05) is 39.4 Å². The third-order valence-electron chi connectivity index (χ3n) is 5.23. The third-order valence-corrected chi connectivity index (χ3v) is 6.36. The van der Waals surface area contributed by atoms with Crippen molar-refractivity contribution < 1.29 is 4.74 Å². The van der Waals surface area contributed by atoms with E-state index in [1.807, 2.05) is 0 Å². The minimum absolute atomic E-state index is 0. The Morgan fingerprint density at radius 1 is 1.32 bits per heavy atom. The minimum atomic E-state index is 0. The standard InChI is InChI=1S/C18H30N4OS.HI/c1-4-19-17(20-9-5-16-14(2)21-15(3)24-16)22-10-6-18(13-22)7-11-23-12-8-18;/h4-13H2,1-3H3,(H,19,20);1H. The number of hydrogen-bond acceptors (Lipinski definition) is 4. The van der Waals surface area contributed by atoms with Crippen LogP contribution in [0.4, 0.5) is 0 Å². The number of guanidine groups is 1. The Labute approximate surface area is 172 Å². The van der Waals surface area contributed by atoms with Crippen molar-refractivity contribution in [2.24, 2.45) is 10.4 Å². The van der Waals surface area contributed by atoms with Gasteiger partial charge in [0.25, 0.3) is 0 Å². The Kier molecular flexibility index (Phi) is 7.94. The average molecular weight is 478 g/mol. The van der Waals surface area contributed by atoms with Crippen LogP contribution in [0.15, 0.2) is 4.99 Å². The molecule has 5 nitrogen and oxygen atoms in total. The number of aromatic nitrogens is 1. The van der Waals surface area contributed by atoms with Crippen LogP contribution in [0.25, 0.3) is 0 Å². The number of halogens is 1. The van der Waals surface area contributed by atoms with E-state index in [1.54, 1.807) is 11.3 Å². The van der Waals surface area contributed by atoms with Gasteiger partial charge in [-0.3, -0.25) is 4.99 Å². The summed E-state index contributed by atoms with van der Waals surface area (Å²) in [7, 11) is 0. The van der Waals surface area contributed by atoms with Crippen molar-refractivity contribution in [1.82, 2.24) is 15.2 Å². The Balaban J connectivity index is 0.00000225. The summed E-state index contributed by atoms with van der Waals surface area (Å²) >= 11 is 1.80. The first-order valence-electron chi connectivity index (χ1n) is 9.16. The maximum Gasteiger partial charge on any atom is 0.193 e. The first kappa shape index (κ1) is 20.9. The van der Waals surface area contributed by atoms with E-state index in [9.17, 15) is 0 Å². The minimum Gasteiger partial charge on any atom is -0.381 e. The van der Waals surface area contributed by atoms with Crippen molar-refractivity contribution in [3.8, 4) is 0 Å². The van der Waals surface area contributed by atoms with Gasteiger partial charge in [-0.25, -0.2) is 4.98 Å². The molecule has 1 aromatic rings. The van der Waals surface area contributed by atoms with Crippen molar-refractivity contribution >= 4 is 41.3 Å². The Morgan fingerprint density at radius 3 is 2.72 bits per heavy atom. The molecule has 2 fully saturated rings. The number of nitrogens with zero attached hydrogens (tertiary/aromatic N) is 3. The van der Waals surface area contributed by atoms with Crippen molar-refractivity contribution in [3.63, 3.8) is 0 Å². The van der Waals surface area contributed by atoms with Crippen LogP contribution < -0.4 is 5.32 Å². The largest absolute Gasteiger partial charge is 0.381 e. The molecule has 0 amide bonds. The molecule has 25 heavy (non-hydrogen) atoms. The van der Waals surface area contributed by atoms with Crippen LogP contribution in [0, 0.1) is 19.3 Å². The van der Waals surface area contributed by atoms with E-state index in [-0.39, 0.29) is 24.0 Å². The second kappa shape index (κ2) is 9.50. The number of aryl methyl sites for hydroxylation is 2. The topological polar surface area (TPSA) is 49.8 Å². The van der Waals surface area contributed by atoms with Gasteiger partial charge in [0.15, 0.2) is 5.96 Å². The molecule has 3 heterocycles. The molecular weight excluding hydrogens is 447 g/mol. The average Bonchev–Trinajstić information content (AvgIpc) is 3.11. The molecule has 3 rings (SSSR count). The van der Waals surface area contributed by atoms with Crippen LogP contribution in [-0.4, -0.2) is 55.2 Å². The fourth-order valence-electron chi connectivity index (χ4n) is 3.82. The highest BCUT2D eigenvalue weighted by atomic mass is 127. The van der Waals surface area contributed by atoms with Gasteiger partial charge in [-0.1, -0.05) is 0 Å². The van der Waals surface area contributed by atoms with Gasteiger partial charge in [0.1, 0.15) is 0 Å². The molecule has 0 radical (unpaired) electrons. The molecule has 142 valence electrons. The number of hydrogen-bond donors (Lipinski definition) is 1. The first-order valence-corrected chi connectivity index (χ1v) is 9.97. The molecule has 0 aromatic carbocycles. The lowest BCUT2D eigenvalue weighted by molar-refractivity contribution is 0.0217. The molecule has 2 aliphatic heterocycles. The molecule has 1 spiro atoms. The second-order valence-corrected chi connectivity index (χ2v) is 8.30. The van der Waals surface area contributed by atoms with Crippen LogP contribution in [0.2, 0.25) is 0 Å². The first-order chi connectivity index (χ1) is 11.6. The predicted molar refractivity (Wildman–Crippen MR) is 115 cm³/mol. The number of thiazole rings is 1. The van der Waals surface area contributed by atoms with Gasteiger partial charge < -0.3 is 15.0 Å². The zero-order valence-electron chi connectivity index (χ0n) is 15.6. The monoisotopic (exact) mass is 478 g/mol. The third kappa shape index (κ3) is 5.29. The zero-order valence-corrected chi connectivity index (χ0v) is 18.8. The quantitative estimate of drug-likeness (QED) is 0.410. The number of likely N-dealkylation sites (tertiary alicyclic amines) is 1. The predicted octanol–water partition coefficient (Wildman–Crippen LogP) is 3.39. The van der Waals surface area contributed by atoms with Crippen LogP contribution in [0.5, 0.6) is 0 Å². The second-order valence-electron chi connectivity index (χ2n) is 7.01. The fraction of sp³-hybridized carbons (Fsp3) is 0.778. The smallest absolute Gasteiger partial charge is 0.193 e. The molecule has 0 saturated carbocycles. The van der Waals surface area contributed by atoms with Gasteiger partial charge in [-0.05, 0) is 45.4 Å². The van der Waals surface area contributed by atoms with E-state index < -0.39 is 0 Å². The molecular formula is C18H31IN4OS. The number of aliphatic imine (C=N–C) groups is 1. The molecule has 2 saturated heterocycles. The summed E-state index contributed by atoms with van der Waals surface area (Å²) in [5.74, 6) is 1.08. The Hall–Kier alpha value is -0.410. The van der Waals surface area contributed by atoms with E-state index in [0.717, 1.165) is 56.8 Å². The van der Waals surface area contributed by atoms with E-state index in [1.165, 1.54) is 29.8 Å². The van der Waals surface area contributed by atoms with Gasteiger partial charge in [-0.2, -0.15) is 0 Å². The molecule has 0 bridgehead atoms. The maximum atomic E-state index is 5.56. The highest BCUT2D eigenvalue weighted by Crippen LogP contribution is 2.39. The Morgan fingerprint density at radius 2 is 2.08 bits per heavy atom. The zero-order chi connectivity index (χ0) is 17.0. The van der Waals surface area contributed by atoms with Gasteiger partial charge in [0.05, 0.1) is 10.7 Å². The lowest BCUT2D eigenvalue weighted by atomic mass is 9.80. The highest BCUT2D eigenvalue weighted by Gasteiger charge is 2.40. The number of ether oxygens (including phenoxy) is 1. The van der Waals surface area contributed by atoms with Gasteiger partial charge >= 0.3 is 0 Å². The molecule has 0 atom stereocenters. The van der Waals surface area contributed by atoms with Crippen LogP contribution in [0.1, 0.15) is 41.8 Å². The van der Waals surface area contributed by atoms with Crippen LogP contribution in [-0.2, 0) is 11.2 Å². The highest BCUT2D eigenvalue weighted by molar-refractivity contribution is 14.0. The summed E-state index contributed by atoms with van der Waals surface area (Å²) in [6, 6.07) is 0. The maximum absolute atomic E-state index is 5.56. The SMILES string of the molecule is CCNC(=NCCc1sc(C)nc1C)N1CCC2(CCOCC2)C1.I. The van der Waals surface area contributed by atoms with E-state index >= 15 is 0 Å². The molecule has 1 aromatic heterocycles. The molecule has 1 N–H and O–H groups in total. The van der Waals surface area contributed by atoms with Gasteiger partial charge in [0, 0.05) is 50.7 Å². The summed E-state index contributed by atoms with van der Waals surface area (Å²) in [5, 5.41) is 4.64. The van der Waals surface area contributed by atoms with E-state index in [4.69, 9.17) is 9.73 Å². The molecule has 0 unspecified atom stereocenters. The normalized spacial score (nSPS) is 20.0. The summed E-state index contributed by atoms with van der Waals surface area (Å²) in [4.78, 5) is 13.2. The van der Waals surface area contributed by atoms with Gasteiger partial charge in [0.2, 0.25) is 0 Å². The lowest BCUT2D eigenvalue weighted by Gasteiger charge is -2.33. The fourth-order valence-corrected chi connectivity index (χ4v) is 4.75. The summed E-state index contributed by atoms with van der Waals surface area (Å²) in [6.07, 6.45) is 4.65. The number of nitrogens with one attached hydrogen (secondary N) is 1. The molecule has 0 aliphatic carbocycles. The lowest BCUT2D eigenvalue weighted by Crippen LogP contribution is -2.42. The van der Waals surface area contributed by atoms with Crippen LogP contribution >= 0.6 is 35.3 Å². The molecule has 2 aliphatic rings. The van der Waals surface area contributed by atoms with Crippen molar-refractivity contribution in [2.45, 2.75) is 46.5 Å². The summed E-state index contributed by atoms with van der Waals surface area (Å²) < 4.78 is 5.56. The Bertz CT molecular complexity index is 584. The summed E-state index contributed by atoms with van der Waals surface area (Å²) in [5.41, 5.74) is 1.62. The van der Waals surface area contributed by atoms with E-state index in [2.05, 4.69) is 36.0 Å². The van der Waals surface area contributed by atoms with Crippen LogP contribution in [0.3, 0.4) is 0 Å². The van der Waals surface area contributed by atoms with Crippen molar-refractivity contribution in [3.05, 3.63) is 15.6 Å². The van der Waals surface area contributed by atoms with Gasteiger partial charge in [-0.15, -0.1) is 35.3 Å². The number of rotatable bonds is 4. The summed E-state index contributed by atoms with van der Waals surface area (Å²) in [6.45, 7) is 12.2. The molecule has 7 heteroatoms.